The Balaban J connectivity index is 1.17. The smallest absolute Gasteiger partial charge is 0.305 e. The number of amides is 2. The number of nitrogens with one attached hydrogen (secondary N) is 2. The van der Waals surface area contributed by atoms with Gasteiger partial charge in [-0.3, -0.25) is 9.59 Å². The average Bonchev–Trinajstić information content (AvgIpc) is 3.67. The first-order chi connectivity index (χ1) is 19.4. The second kappa shape index (κ2) is 11.4. The second-order valence-corrected chi connectivity index (χ2v) is 12.0. The lowest BCUT2D eigenvalue weighted by Gasteiger charge is -2.20. The molecule has 0 radical (unpaired) electrons. The van der Waals surface area contributed by atoms with E-state index in [4.69, 9.17) is 4.74 Å². The summed E-state index contributed by atoms with van der Waals surface area (Å²) in [6.45, 7) is 4.28. The first kappa shape index (κ1) is 26.6. The van der Waals surface area contributed by atoms with Gasteiger partial charge in [0.25, 0.3) is 5.91 Å². The van der Waals surface area contributed by atoms with Crippen LogP contribution >= 0.6 is 11.3 Å². The van der Waals surface area contributed by atoms with Gasteiger partial charge in [0.2, 0.25) is 0 Å². The van der Waals surface area contributed by atoms with E-state index >= 15 is 0 Å². The molecule has 2 aliphatic rings. The lowest BCUT2D eigenvalue weighted by molar-refractivity contribution is 0.0431. The molecule has 2 amide bonds. The molecule has 1 aliphatic heterocycles. The molecular weight excluding hydrogens is 522 g/mol. The summed E-state index contributed by atoms with van der Waals surface area (Å²) in [5.74, 6) is -0.642. The van der Waals surface area contributed by atoms with Gasteiger partial charge in [0.1, 0.15) is 5.69 Å². The molecular formula is C31H33N5O3S. The van der Waals surface area contributed by atoms with E-state index in [0.29, 0.717) is 30.2 Å². The minimum Gasteiger partial charge on any atom is -0.373 e. The molecule has 3 atom stereocenters. The Labute approximate surface area is 237 Å². The van der Waals surface area contributed by atoms with Gasteiger partial charge in [0, 0.05) is 53.5 Å². The lowest BCUT2D eigenvalue weighted by atomic mass is 10.1. The number of carbonyl (C=O) groups is 2. The van der Waals surface area contributed by atoms with Crippen molar-refractivity contribution in [3.63, 3.8) is 0 Å². The van der Waals surface area contributed by atoms with Gasteiger partial charge in [-0.05, 0) is 50.6 Å². The average molecular weight is 556 g/mol. The van der Waals surface area contributed by atoms with Gasteiger partial charge in [0.15, 0.2) is 5.01 Å². The molecule has 2 N–H and O–H groups in total. The number of hydrogen-bond donors (Lipinski definition) is 2. The van der Waals surface area contributed by atoms with Crippen LogP contribution in [0.3, 0.4) is 0 Å². The summed E-state index contributed by atoms with van der Waals surface area (Å²) in [7, 11) is 2.07. The molecule has 6 rings (SSSR count). The van der Waals surface area contributed by atoms with Crippen molar-refractivity contribution in [3.05, 3.63) is 87.0 Å². The standard InChI is InChI=1S/C31H33N5O3S/c1-19-8-9-24-21(12-19)14-27(33-24)29(37)34-26-15-23(39-18-20-6-4-3-5-7-20)13-22(26)16-32-30(38)31-35-25-10-11-36(2)17-28(25)40-31/h3-9,12,14,16,22-23,26,33H,10-11,13,15,17-18H2,1-2H3,(H,34,37)/t22?,23?,26-/m1/s1. The summed E-state index contributed by atoms with van der Waals surface area (Å²) in [4.78, 5) is 41.8. The number of hydrogen-bond acceptors (Lipinski definition) is 6. The quantitative estimate of drug-likeness (QED) is 0.315. The maximum absolute atomic E-state index is 13.3. The topological polar surface area (TPSA) is 99.7 Å². The molecule has 3 heterocycles. The van der Waals surface area contributed by atoms with Gasteiger partial charge in [-0.25, -0.2) is 9.98 Å². The van der Waals surface area contributed by atoms with Crippen molar-refractivity contribution >= 4 is 40.3 Å². The minimum absolute atomic E-state index is 0.0647. The summed E-state index contributed by atoms with van der Waals surface area (Å²) < 4.78 is 6.23. The molecule has 206 valence electrons. The second-order valence-electron chi connectivity index (χ2n) is 10.9. The number of thiazole rings is 1. The predicted octanol–water partition coefficient (Wildman–Crippen LogP) is 4.93. The molecule has 4 aromatic rings. The number of fused-ring (bicyclic) bond motifs is 2. The fourth-order valence-corrected chi connectivity index (χ4v) is 6.61. The van der Waals surface area contributed by atoms with E-state index in [1.165, 1.54) is 11.3 Å². The Kier molecular flexibility index (Phi) is 7.60. The fraction of sp³-hybridized carbons (Fsp3) is 0.355. The van der Waals surface area contributed by atoms with Gasteiger partial charge in [0.05, 0.1) is 18.4 Å². The molecule has 0 spiro atoms. The van der Waals surface area contributed by atoms with E-state index in [2.05, 4.69) is 38.3 Å². The number of nitrogens with zero attached hydrogens (tertiary/aromatic N) is 3. The van der Waals surface area contributed by atoms with Gasteiger partial charge < -0.3 is 19.9 Å². The maximum Gasteiger partial charge on any atom is 0.305 e. The van der Waals surface area contributed by atoms with Crippen molar-refractivity contribution in [1.29, 1.82) is 0 Å². The van der Waals surface area contributed by atoms with Crippen LogP contribution < -0.4 is 5.32 Å². The highest BCUT2D eigenvalue weighted by Crippen LogP contribution is 2.30. The van der Waals surface area contributed by atoms with Crippen LogP contribution in [0.1, 0.15) is 54.8 Å². The summed E-state index contributed by atoms with van der Waals surface area (Å²) in [6.07, 6.45) is 3.79. The molecule has 1 saturated carbocycles. The maximum atomic E-state index is 13.3. The number of carbonyl (C=O) groups excluding carboxylic acids is 2. The van der Waals surface area contributed by atoms with E-state index in [1.807, 2.05) is 55.5 Å². The number of aromatic nitrogens is 2. The van der Waals surface area contributed by atoms with Crippen LogP contribution in [0.25, 0.3) is 10.9 Å². The molecule has 1 aliphatic carbocycles. The van der Waals surface area contributed by atoms with Crippen LogP contribution in [-0.4, -0.2) is 58.6 Å². The SMILES string of the molecule is Cc1ccc2[nH]c(C(=O)N[C@@H]3CC(OCc4ccccc4)CC3C=NC(=O)c3nc4c(s3)CN(C)CC4)cc2c1. The number of aliphatic imine (C=N–C) groups is 1. The van der Waals surface area contributed by atoms with Crippen LogP contribution in [0.4, 0.5) is 0 Å². The van der Waals surface area contributed by atoms with E-state index < -0.39 is 0 Å². The van der Waals surface area contributed by atoms with Crippen LogP contribution in [0, 0.1) is 12.8 Å². The van der Waals surface area contributed by atoms with E-state index in [9.17, 15) is 9.59 Å². The molecule has 0 bridgehead atoms. The Bertz CT molecular complexity index is 1560. The Morgan fingerprint density at radius 3 is 2.90 bits per heavy atom. The van der Waals surface area contributed by atoms with Crippen molar-refractivity contribution in [2.24, 2.45) is 10.9 Å². The first-order valence-corrected chi connectivity index (χ1v) is 14.5. The van der Waals surface area contributed by atoms with E-state index in [-0.39, 0.29) is 29.9 Å². The molecule has 2 aromatic carbocycles. The predicted molar refractivity (Wildman–Crippen MR) is 157 cm³/mol. The molecule has 1 fully saturated rings. The zero-order chi connectivity index (χ0) is 27.6. The van der Waals surface area contributed by atoms with Crippen LogP contribution in [0.5, 0.6) is 0 Å². The van der Waals surface area contributed by atoms with Crippen molar-refractivity contribution in [2.75, 3.05) is 13.6 Å². The first-order valence-electron chi connectivity index (χ1n) is 13.7. The van der Waals surface area contributed by atoms with Crippen molar-refractivity contribution in [2.45, 2.75) is 51.5 Å². The van der Waals surface area contributed by atoms with E-state index in [1.54, 1.807) is 6.21 Å². The zero-order valence-electron chi connectivity index (χ0n) is 22.7. The van der Waals surface area contributed by atoms with Crippen molar-refractivity contribution in [1.82, 2.24) is 20.2 Å². The fourth-order valence-electron chi connectivity index (χ4n) is 5.53. The highest BCUT2D eigenvalue weighted by molar-refractivity contribution is 7.13. The van der Waals surface area contributed by atoms with Gasteiger partial charge in [-0.15, -0.1) is 11.3 Å². The molecule has 0 saturated heterocycles. The Hall–Kier alpha value is -3.66. The zero-order valence-corrected chi connectivity index (χ0v) is 23.5. The van der Waals surface area contributed by atoms with Crippen molar-refractivity contribution in [3.8, 4) is 0 Å². The number of H-pyrrole nitrogens is 1. The highest BCUT2D eigenvalue weighted by atomic mass is 32.1. The van der Waals surface area contributed by atoms with Crippen molar-refractivity contribution < 1.29 is 14.3 Å². The molecule has 8 nitrogen and oxygen atoms in total. The number of ether oxygens (including phenoxy) is 1. The largest absolute Gasteiger partial charge is 0.373 e. The monoisotopic (exact) mass is 555 g/mol. The third-order valence-electron chi connectivity index (χ3n) is 7.72. The summed E-state index contributed by atoms with van der Waals surface area (Å²) >= 11 is 1.43. The molecule has 2 aromatic heterocycles. The lowest BCUT2D eigenvalue weighted by Crippen LogP contribution is -2.38. The third kappa shape index (κ3) is 5.91. The van der Waals surface area contributed by atoms with E-state index in [0.717, 1.165) is 52.1 Å². The van der Waals surface area contributed by atoms with Gasteiger partial charge in [-0.2, -0.15) is 0 Å². The van der Waals surface area contributed by atoms with Crippen LogP contribution in [0.15, 0.2) is 59.6 Å². The summed E-state index contributed by atoms with van der Waals surface area (Å²) in [6, 6.07) is 17.8. The van der Waals surface area contributed by atoms with Gasteiger partial charge in [-0.1, -0.05) is 42.0 Å². The summed E-state index contributed by atoms with van der Waals surface area (Å²) in [5, 5.41) is 4.62. The highest BCUT2D eigenvalue weighted by Gasteiger charge is 2.35. The number of aromatic amines is 1. The third-order valence-corrected chi connectivity index (χ3v) is 8.79. The number of benzene rings is 2. The minimum atomic E-state index is -0.327. The van der Waals surface area contributed by atoms with Crippen LogP contribution in [0.2, 0.25) is 0 Å². The molecule has 40 heavy (non-hydrogen) atoms. The molecule has 2 unspecified atom stereocenters. The number of rotatable bonds is 7. The Morgan fingerprint density at radius 1 is 1.20 bits per heavy atom. The van der Waals surface area contributed by atoms with Gasteiger partial charge >= 0.3 is 5.91 Å². The molecule has 9 heteroatoms. The number of aryl methyl sites for hydroxylation is 1. The Morgan fingerprint density at radius 2 is 2.05 bits per heavy atom. The van der Waals surface area contributed by atoms with Crippen LogP contribution in [-0.2, 0) is 24.3 Å². The number of likely N-dealkylation sites (N-methyl/N-ethyl adjacent to an activating group) is 1. The normalized spacial score (nSPS) is 21.2. The summed E-state index contributed by atoms with van der Waals surface area (Å²) in [5.41, 5.74) is 4.69.